The van der Waals surface area contributed by atoms with Crippen LogP contribution in [0, 0.1) is 0 Å². The molecule has 0 saturated carbocycles. The smallest absolute Gasteiger partial charge is 0.149 e. The van der Waals surface area contributed by atoms with Gasteiger partial charge in [-0.2, -0.15) is 11.8 Å². The lowest BCUT2D eigenvalue weighted by atomic mass is 10.2. The minimum atomic E-state index is 0.486. The summed E-state index contributed by atoms with van der Waals surface area (Å²) in [5, 5.41) is 0. The molecular formula is C9H14N4S. The third-order valence-electron chi connectivity index (χ3n) is 2.46. The first-order valence-corrected chi connectivity index (χ1v) is 5.81. The molecule has 1 atom stereocenters. The van der Waals surface area contributed by atoms with E-state index in [-0.39, 0.29) is 0 Å². The third-order valence-corrected chi connectivity index (χ3v) is 3.60. The highest BCUT2D eigenvalue weighted by Gasteiger charge is 2.21. The Kier molecular flexibility index (Phi) is 2.77. The van der Waals surface area contributed by atoms with Crippen molar-refractivity contribution in [3.63, 3.8) is 0 Å². The largest absolute Gasteiger partial charge is 0.382 e. The fourth-order valence-electron chi connectivity index (χ4n) is 1.55. The molecule has 0 amide bonds. The van der Waals surface area contributed by atoms with Crippen LogP contribution >= 0.6 is 11.8 Å². The SMILES string of the molecule is CN(c1cncc(N)n1)C1CCSC1. The lowest BCUT2D eigenvalue weighted by molar-refractivity contribution is 0.690. The molecule has 1 saturated heterocycles. The number of thioether (sulfide) groups is 1. The first-order chi connectivity index (χ1) is 6.77. The van der Waals surface area contributed by atoms with E-state index < -0.39 is 0 Å². The maximum atomic E-state index is 5.59. The lowest BCUT2D eigenvalue weighted by Crippen LogP contribution is -2.32. The first-order valence-electron chi connectivity index (χ1n) is 4.65. The van der Waals surface area contributed by atoms with Gasteiger partial charge in [-0.25, -0.2) is 4.98 Å². The third kappa shape index (κ3) is 1.92. The molecule has 14 heavy (non-hydrogen) atoms. The van der Waals surface area contributed by atoms with Crippen LogP contribution in [-0.4, -0.2) is 34.6 Å². The van der Waals surface area contributed by atoms with E-state index in [1.54, 1.807) is 12.4 Å². The molecule has 2 N–H and O–H groups in total. The van der Waals surface area contributed by atoms with Crippen molar-refractivity contribution in [1.82, 2.24) is 9.97 Å². The maximum absolute atomic E-state index is 5.59. The molecule has 1 aliphatic heterocycles. The van der Waals surface area contributed by atoms with Crippen molar-refractivity contribution in [2.45, 2.75) is 12.5 Å². The fraction of sp³-hybridized carbons (Fsp3) is 0.556. The van der Waals surface area contributed by atoms with E-state index in [1.807, 2.05) is 11.8 Å². The number of rotatable bonds is 2. The molecule has 1 aromatic rings. The summed E-state index contributed by atoms with van der Waals surface area (Å²) >= 11 is 1.99. The van der Waals surface area contributed by atoms with Crippen molar-refractivity contribution in [1.29, 1.82) is 0 Å². The van der Waals surface area contributed by atoms with Gasteiger partial charge >= 0.3 is 0 Å². The molecule has 0 aliphatic carbocycles. The number of anilines is 2. The van der Waals surface area contributed by atoms with E-state index in [0.29, 0.717) is 11.9 Å². The Labute approximate surface area is 87.9 Å². The highest BCUT2D eigenvalue weighted by molar-refractivity contribution is 7.99. The Hall–Kier alpha value is -0.970. The molecule has 5 heteroatoms. The van der Waals surface area contributed by atoms with E-state index in [4.69, 9.17) is 5.73 Å². The van der Waals surface area contributed by atoms with Crippen LogP contribution in [0.25, 0.3) is 0 Å². The van der Waals surface area contributed by atoms with Gasteiger partial charge in [0.05, 0.1) is 12.4 Å². The predicted molar refractivity (Wildman–Crippen MR) is 60.6 cm³/mol. The molecule has 2 heterocycles. The second-order valence-electron chi connectivity index (χ2n) is 3.43. The van der Waals surface area contributed by atoms with Gasteiger partial charge in [-0.05, 0) is 12.2 Å². The summed E-state index contributed by atoms with van der Waals surface area (Å²) in [6, 6.07) is 0.580. The topological polar surface area (TPSA) is 55.0 Å². The van der Waals surface area contributed by atoms with Gasteiger partial charge in [0.1, 0.15) is 11.6 Å². The van der Waals surface area contributed by atoms with Crippen molar-refractivity contribution >= 4 is 23.4 Å². The summed E-state index contributed by atoms with van der Waals surface area (Å²) in [4.78, 5) is 10.5. The predicted octanol–water partition coefficient (Wildman–Crippen LogP) is 1.00. The second kappa shape index (κ2) is 4.04. The first kappa shape index (κ1) is 9.58. The second-order valence-corrected chi connectivity index (χ2v) is 4.58. The monoisotopic (exact) mass is 210 g/mol. The van der Waals surface area contributed by atoms with Crippen LogP contribution in [0.1, 0.15) is 6.42 Å². The number of nitrogens with zero attached hydrogens (tertiary/aromatic N) is 3. The summed E-state index contributed by atoms with van der Waals surface area (Å²) < 4.78 is 0. The number of nitrogens with two attached hydrogens (primary N) is 1. The maximum Gasteiger partial charge on any atom is 0.149 e. The quantitative estimate of drug-likeness (QED) is 0.789. The Morgan fingerprint density at radius 2 is 2.43 bits per heavy atom. The summed E-state index contributed by atoms with van der Waals surface area (Å²) in [5.41, 5.74) is 5.59. The standard InChI is InChI=1S/C9H14N4S/c1-13(7-2-3-14-6-7)9-5-11-4-8(10)12-9/h4-5,7H,2-3,6H2,1H3,(H2,10,12). The van der Waals surface area contributed by atoms with E-state index in [0.717, 1.165) is 5.82 Å². The summed E-state index contributed by atoms with van der Waals surface area (Å²) in [7, 11) is 2.06. The summed E-state index contributed by atoms with van der Waals surface area (Å²) in [5.74, 6) is 3.77. The average molecular weight is 210 g/mol. The molecule has 1 aliphatic rings. The average Bonchev–Trinajstić information content (AvgIpc) is 2.69. The van der Waals surface area contributed by atoms with Crippen LogP contribution in [0.3, 0.4) is 0 Å². The van der Waals surface area contributed by atoms with Gasteiger partial charge in [0, 0.05) is 18.8 Å². The van der Waals surface area contributed by atoms with Gasteiger partial charge in [-0.1, -0.05) is 0 Å². The molecule has 0 aromatic carbocycles. The van der Waals surface area contributed by atoms with Crippen LogP contribution in [-0.2, 0) is 0 Å². The van der Waals surface area contributed by atoms with Gasteiger partial charge in [-0.3, -0.25) is 4.98 Å². The van der Waals surface area contributed by atoms with Gasteiger partial charge in [0.25, 0.3) is 0 Å². The Balaban J connectivity index is 2.13. The van der Waals surface area contributed by atoms with Crippen LogP contribution in [0.4, 0.5) is 11.6 Å². The van der Waals surface area contributed by atoms with E-state index in [1.165, 1.54) is 17.9 Å². The molecule has 0 radical (unpaired) electrons. The van der Waals surface area contributed by atoms with Crippen LogP contribution in [0.2, 0.25) is 0 Å². The zero-order valence-corrected chi connectivity index (χ0v) is 9.00. The summed E-state index contributed by atoms with van der Waals surface area (Å²) in [6.45, 7) is 0. The number of aromatic nitrogens is 2. The molecule has 1 unspecified atom stereocenters. The van der Waals surface area contributed by atoms with Crippen LogP contribution < -0.4 is 10.6 Å². The van der Waals surface area contributed by atoms with E-state index in [9.17, 15) is 0 Å². The number of hydrogen-bond donors (Lipinski definition) is 1. The molecular weight excluding hydrogens is 196 g/mol. The van der Waals surface area contributed by atoms with Gasteiger partial charge in [-0.15, -0.1) is 0 Å². The Morgan fingerprint density at radius 1 is 1.57 bits per heavy atom. The highest BCUT2D eigenvalue weighted by Crippen LogP contribution is 2.24. The van der Waals surface area contributed by atoms with Crippen molar-refractivity contribution in [2.75, 3.05) is 29.2 Å². The normalized spacial score (nSPS) is 21.1. The molecule has 0 spiro atoms. The molecule has 1 fully saturated rings. The number of hydrogen-bond acceptors (Lipinski definition) is 5. The highest BCUT2D eigenvalue weighted by atomic mass is 32.2. The molecule has 0 bridgehead atoms. The minimum absolute atomic E-state index is 0.486. The van der Waals surface area contributed by atoms with Crippen molar-refractivity contribution in [2.24, 2.45) is 0 Å². The van der Waals surface area contributed by atoms with E-state index >= 15 is 0 Å². The van der Waals surface area contributed by atoms with Gasteiger partial charge < -0.3 is 10.6 Å². The van der Waals surface area contributed by atoms with Crippen molar-refractivity contribution < 1.29 is 0 Å². The molecule has 2 rings (SSSR count). The fourth-order valence-corrected chi connectivity index (χ4v) is 2.82. The molecule has 76 valence electrons. The van der Waals surface area contributed by atoms with Crippen LogP contribution in [0.15, 0.2) is 12.4 Å². The Morgan fingerprint density at radius 3 is 3.07 bits per heavy atom. The van der Waals surface area contributed by atoms with E-state index in [2.05, 4.69) is 21.9 Å². The zero-order valence-electron chi connectivity index (χ0n) is 8.18. The lowest BCUT2D eigenvalue weighted by Gasteiger charge is -2.24. The van der Waals surface area contributed by atoms with Gasteiger partial charge in [0.15, 0.2) is 0 Å². The summed E-state index contributed by atoms with van der Waals surface area (Å²) in [6.07, 6.45) is 4.55. The molecule has 4 nitrogen and oxygen atoms in total. The van der Waals surface area contributed by atoms with Crippen LogP contribution in [0.5, 0.6) is 0 Å². The van der Waals surface area contributed by atoms with Gasteiger partial charge in [0.2, 0.25) is 0 Å². The van der Waals surface area contributed by atoms with Crippen molar-refractivity contribution in [3.8, 4) is 0 Å². The molecule has 1 aromatic heterocycles. The van der Waals surface area contributed by atoms with Crippen molar-refractivity contribution in [3.05, 3.63) is 12.4 Å². The Bertz CT molecular complexity index is 311. The zero-order chi connectivity index (χ0) is 9.97. The number of nitrogen functional groups attached to an aromatic ring is 1. The minimum Gasteiger partial charge on any atom is -0.382 e.